The molecule has 148 valence electrons. The monoisotopic (exact) mass is 459 g/mol. The van der Waals surface area contributed by atoms with Crippen LogP contribution in [0.3, 0.4) is 0 Å². The van der Waals surface area contributed by atoms with Crippen molar-refractivity contribution in [2.75, 3.05) is 10.6 Å². The van der Waals surface area contributed by atoms with Crippen LogP contribution in [0, 0.1) is 23.7 Å². The third-order valence-corrected chi connectivity index (χ3v) is 4.20. The summed E-state index contributed by atoms with van der Waals surface area (Å²) in [4.78, 5) is 11.9. The molecule has 0 atom stereocenters. The molecule has 0 aromatic heterocycles. The number of anilines is 1. The zero-order valence-corrected chi connectivity index (χ0v) is 16.9. The van der Waals surface area contributed by atoms with E-state index in [1.165, 1.54) is 30.4 Å². The molecule has 1 amide bonds. The fourth-order valence-corrected chi connectivity index (χ4v) is 2.58. The van der Waals surface area contributed by atoms with Crippen LogP contribution in [0.4, 0.5) is 18.9 Å². The Morgan fingerprint density at radius 3 is 2.21 bits per heavy atom. The molecule has 2 aromatic carbocycles. The molecule has 0 fully saturated rings. The van der Waals surface area contributed by atoms with E-state index >= 15 is 0 Å². The molecule has 2 rings (SSSR count). The Morgan fingerprint density at radius 2 is 1.55 bits per heavy atom. The number of benzene rings is 2. The van der Waals surface area contributed by atoms with E-state index in [0.717, 1.165) is 17.8 Å². The van der Waals surface area contributed by atoms with Gasteiger partial charge in [-0.15, -0.1) is 0 Å². The largest absolute Gasteiger partial charge is 0.417 e. The summed E-state index contributed by atoms with van der Waals surface area (Å²) >= 11 is 3.28. The molecule has 0 saturated carbocycles. The van der Waals surface area contributed by atoms with Crippen molar-refractivity contribution in [1.29, 1.82) is 0 Å². The number of carbonyl (C=O) groups excluding carboxylic acids is 1. The lowest BCUT2D eigenvalue weighted by Gasteiger charge is -2.07. The van der Waals surface area contributed by atoms with Crippen molar-refractivity contribution in [2.24, 2.45) is 0 Å². The third kappa shape index (κ3) is 7.52. The molecule has 0 aliphatic rings. The number of nitrogens with one attached hydrogen (secondary N) is 1. The van der Waals surface area contributed by atoms with Gasteiger partial charge in [0.2, 0.25) is 5.91 Å². The summed E-state index contributed by atoms with van der Waals surface area (Å²) in [6.07, 6.45) is -0.470. The fraction of sp³-hybridized carbons (Fsp3) is 0.174. The van der Waals surface area contributed by atoms with Crippen LogP contribution >= 0.6 is 15.9 Å². The van der Waals surface area contributed by atoms with Crippen molar-refractivity contribution < 1.29 is 18.0 Å². The van der Waals surface area contributed by atoms with Crippen LogP contribution in [0.5, 0.6) is 0 Å². The molecule has 29 heavy (non-hydrogen) atoms. The van der Waals surface area contributed by atoms with E-state index in [2.05, 4.69) is 44.9 Å². The lowest BCUT2D eigenvalue weighted by atomic mass is 10.1. The van der Waals surface area contributed by atoms with Crippen molar-refractivity contribution in [3.05, 3.63) is 77.4 Å². The Bertz CT molecular complexity index is 1000. The Morgan fingerprint density at radius 1 is 0.966 bits per heavy atom. The number of carbonyl (C=O) groups is 1. The maximum Gasteiger partial charge on any atom is 0.417 e. The highest BCUT2D eigenvalue weighted by atomic mass is 79.9. The van der Waals surface area contributed by atoms with E-state index in [9.17, 15) is 18.0 Å². The Hall–Kier alpha value is -2.96. The minimum atomic E-state index is -4.45. The van der Waals surface area contributed by atoms with Crippen molar-refractivity contribution >= 4 is 27.5 Å². The molecule has 2 nitrogen and oxygen atoms in total. The summed E-state index contributed by atoms with van der Waals surface area (Å²) in [6.45, 7) is 0. The van der Waals surface area contributed by atoms with Crippen molar-refractivity contribution in [3.63, 3.8) is 0 Å². The molecule has 0 aliphatic carbocycles. The van der Waals surface area contributed by atoms with Crippen molar-refractivity contribution in [1.82, 2.24) is 0 Å². The molecular weight excluding hydrogens is 443 g/mol. The number of halogens is 4. The number of amides is 1. The summed E-state index contributed by atoms with van der Waals surface area (Å²) in [6, 6.07) is 12.3. The number of allylic oxidation sites excluding steroid dienone is 2. The normalized spacial score (nSPS) is 10.6. The second-order valence-electron chi connectivity index (χ2n) is 5.80. The topological polar surface area (TPSA) is 29.1 Å². The van der Waals surface area contributed by atoms with Gasteiger partial charge in [-0.3, -0.25) is 4.79 Å². The van der Waals surface area contributed by atoms with E-state index < -0.39 is 11.7 Å². The van der Waals surface area contributed by atoms with Crippen LogP contribution in [-0.2, 0) is 11.0 Å². The standard InChI is InChI=1S/C23H17BrF3NO/c24-17-9-16-22(29)28-21-15-8-6-13-19(21)12-4-2-1-3-10-18-11-5-7-14-20(18)23(25,26)27/h1-2,5-8,11,13-15H,9,16-17H2,(H,28,29)/b2-1-. The first kappa shape index (κ1) is 22.3. The molecule has 6 heteroatoms. The molecule has 0 bridgehead atoms. The summed E-state index contributed by atoms with van der Waals surface area (Å²) < 4.78 is 38.8. The van der Waals surface area contributed by atoms with Gasteiger partial charge in [-0.2, -0.15) is 13.2 Å². The van der Waals surface area contributed by atoms with Gasteiger partial charge in [0.25, 0.3) is 0 Å². The second-order valence-corrected chi connectivity index (χ2v) is 6.59. The molecular formula is C23H17BrF3NO. The summed E-state index contributed by atoms with van der Waals surface area (Å²) in [5.74, 6) is 10.6. The number of para-hydroxylation sites is 1. The van der Waals surface area contributed by atoms with E-state index in [1.54, 1.807) is 24.3 Å². The van der Waals surface area contributed by atoms with Gasteiger partial charge in [0.15, 0.2) is 0 Å². The molecule has 2 aromatic rings. The second kappa shape index (κ2) is 11.1. The van der Waals surface area contributed by atoms with Gasteiger partial charge in [0, 0.05) is 22.9 Å². The van der Waals surface area contributed by atoms with E-state index in [0.29, 0.717) is 17.7 Å². The van der Waals surface area contributed by atoms with Crippen LogP contribution in [-0.4, -0.2) is 11.2 Å². The first-order valence-electron chi connectivity index (χ1n) is 8.71. The molecule has 0 heterocycles. The highest BCUT2D eigenvalue weighted by molar-refractivity contribution is 9.09. The summed E-state index contributed by atoms with van der Waals surface area (Å²) in [5.41, 5.74) is 0.392. The maximum absolute atomic E-state index is 12.9. The van der Waals surface area contributed by atoms with Crippen LogP contribution in [0.1, 0.15) is 29.5 Å². The predicted octanol–water partition coefficient (Wildman–Crippen LogP) is 5.78. The highest BCUT2D eigenvalue weighted by Crippen LogP contribution is 2.31. The predicted molar refractivity (Wildman–Crippen MR) is 112 cm³/mol. The van der Waals surface area contributed by atoms with Gasteiger partial charge in [0.1, 0.15) is 0 Å². The number of rotatable bonds is 4. The minimum absolute atomic E-state index is 0.0888. The van der Waals surface area contributed by atoms with Crippen molar-refractivity contribution in [2.45, 2.75) is 19.0 Å². The van der Waals surface area contributed by atoms with Crippen LogP contribution in [0.25, 0.3) is 0 Å². The fourth-order valence-electron chi connectivity index (χ4n) is 2.30. The van der Waals surface area contributed by atoms with Gasteiger partial charge in [-0.1, -0.05) is 63.9 Å². The van der Waals surface area contributed by atoms with Crippen LogP contribution in [0.2, 0.25) is 0 Å². The van der Waals surface area contributed by atoms with Gasteiger partial charge in [-0.25, -0.2) is 0 Å². The molecule has 0 radical (unpaired) electrons. The first-order valence-corrected chi connectivity index (χ1v) is 9.83. The zero-order chi connectivity index (χ0) is 21.1. The number of hydrogen-bond donors (Lipinski definition) is 1. The Labute approximate surface area is 176 Å². The van der Waals surface area contributed by atoms with Crippen LogP contribution in [0.15, 0.2) is 60.7 Å². The number of alkyl halides is 4. The van der Waals surface area contributed by atoms with E-state index in [-0.39, 0.29) is 11.5 Å². The van der Waals surface area contributed by atoms with E-state index in [4.69, 9.17) is 0 Å². The van der Waals surface area contributed by atoms with Crippen LogP contribution < -0.4 is 5.32 Å². The minimum Gasteiger partial charge on any atom is -0.325 e. The summed E-state index contributed by atoms with van der Waals surface area (Å²) in [7, 11) is 0. The quantitative estimate of drug-likeness (QED) is 0.455. The Kier molecular flexibility index (Phi) is 8.58. The molecule has 0 saturated heterocycles. The molecule has 0 unspecified atom stereocenters. The molecule has 0 spiro atoms. The average Bonchev–Trinajstić information content (AvgIpc) is 2.69. The smallest absolute Gasteiger partial charge is 0.325 e. The highest BCUT2D eigenvalue weighted by Gasteiger charge is 2.32. The van der Waals surface area contributed by atoms with Gasteiger partial charge in [-0.05, 0) is 42.8 Å². The maximum atomic E-state index is 12.9. The molecule has 0 aliphatic heterocycles. The first-order chi connectivity index (χ1) is 13.9. The van der Waals surface area contributed by atoms with Crippen molar-refractivity contribution in [3.8, 4) is 23.7 Å². The van der Waals surface area contributed by atoms with Gasteiger partial charge < -0.3 is 5.32 Å². The average molecular weight is 460 g/mol. The van der Waals surface area contributed by atoms with Gasteiger partial charge >= 0.3 is 6.18 Å². The number of hydrogen-bond acceptors (Lipinski definition) is 1. The third-order valence-electron chi connectivity index (χ3n) is 3.63. The Balaban J connectivity index is 2.08. The zero-order valence-electron chi connectivity index (χ0n) is 15.3. The molecule has 1 N–H and O–H groups in total. The van der Waals surface area contributed by atoms with E-state index in [1.807, 2.05) is 0 Å². The van der Waals surface area contributed by atoms with Gasteiger partial charge in [0.05, 0.1) is 11.3 Å². The SMILES string of the molecule is O=C(CCCBr)Nc1ccccc1C#C/C=C\C#Cc1ccccc1C(F)(F)F. The summed E-state index contributed by atoms with van der Waals surface area (Å²) in [5, 5.41) is 3.57. The lowest BCUT2D eigenvalue weighted by molar-refractivity contribution is -0.137. The lowest BCUT2D eigenvalue weighted by Crippen LogP contribution is -2.12.